The Labute approximate surface area is 197 Å². The molecule has 1 aliphatic carbocycles. The van der Waals surface area contributed by atoms with Crippen LogP contribution in [0.4, 0.5) is 8.78 Å². The van der Waals surface area contributed by atoms with Crippen molar-refractivity contribution in [3.05, 3.63) is 40.2 Å². The highest BCUT2D eigenvalue weighted by Crippen LogP contribution is 2.32. The molecule has 1 amide bonds. The van der Waals surface area contributed by atoms with Crippen LogP contribution in [0.1, 0.15) is 65.7 Å². The van der Waals surface area contributed by atoms with Gasteiger partial charge in [0.1, 0.15) is 0 Å². The highest BCUT2D eigenvalue weighted by atomic mass is 32.1. The minimum absolute atomic E-state index is 0.0255. The Balaban J connectivity index is 1.18. The topological polar surface area (TPSA) is 67.4 Å². The number of aromatic nitrogens is 2. The van der Waals surface area contributed by atoms with Crippen LogP contribution in [0.2, 0.25) is 0 Å². The van der Waals surface area contributed by atoms with Crippen LogP contribution in [0, 0.1) is 12.8 Å². The third-order valence-corrected chi connectivity index (χ3v) is 7.59. The fourth-order valence-electron chi connectivity index (χ4n) is 4.62. The number of halogens is 2. The lowest BCUT2D eigenvalue weighted by Crippen LogP contribution is -2.38. The summed E-state index contributed by atoms with van der Waals surface area (Å²) in [6.07, 6.45) is 7.99. The summed E-state index contributed by atoms with van der Waals surface area (Å²) in [5.74, 6) is -2.21. The van der Waals surface area contributed by atoms with Crippen molar-refractivity contribution in [1.82, 2.24) is 20.2 Å². The molecule has 0 atom stereocenters. The summed E-state index contributed by atoms with van der Waals surface area (Å²) in [5.41, 5.74) is 2.39. The molecule has 33 heavy (non-hydrogen) atoms. The molecule has 180 valence electrons. The maximum absolute atomic E-state index is 13.0. The molecule has 1 fully saturated rings. The van der Waals surface area contributed by atoms with E-state index in [-0.39, 0.29) is 11.9 Å². The van der Waals surface area contributed by atoms with Crippen LogP contribution in [0.3, 0.4) is 0 Å². The molecule has 2 aliphatic rings. The zero-order valence-corrected chi connectivity index (χ0v) is 20.1. The van der Waals surface area contributed by atoms with Crippen molar-refractivity contribution >= 4 is 17.2 Å². The summed E-state index contributed by atoms with van der Waals surface area (Å²) in [7, 11) is 0. The smallest absolute Gasteiger partial charge is 0.278 e. The van der Waals surface area contributed by atoms with Gasteiger partial charge in [0.05, 0.1) is 11.3 Å². The zero-order valence-electron chi connectivity index (χ0n) is 19.3. The Hall–Kier alpha value is -2.13. The first kappa shape index (κ1) is 24.0. The van der Waals surface area contributed by atoms with Crippen molar-refractivity contribution in [1.29, 1.82) is 0 Å². The van der Waals surface area contributed by atoms with Crippen LogP contribution < -0.4 is 10.1 Å². The Kier molecular flexibility index (Phi) is 7.58. The number of nitrogens with one attached hydrogen (secondary N) is 1. The molecule has 3 heterocycles. The Bertz CT molecular complexity index is 954. The SMILES string of the molecule is Cc1ncccc1C(=O)NC1CCC(CCN2CCc3sc(OCC(C)(F)F)nc3C2)CC1. The van der Waals surface area contributed by atoms with Gasteiger partial charge in [0.2, 0.25) is 0 Å². The van der Waals surface area contributed by atoms with E-state index in [0.717, 1.165) is 81.3 Å². The number of fused-ring (bicyclic) bond motifs is 1. The third-order valence-electron chi connectivity index (χ3n) is 6.52. The van der Waals surface area contributed by atoms with E-state index in [1.54, 1.807) is 12.3 Å². The second-order valence-electron chi connectivity index (χ2n) is 9.35. The van der Waals surface area contributed by atoms with Gasteiger partial charge in [0.25, 0.3) is 17.0 Å². The van der Waals surface area contributed by atoms with Crippen LogP contribution >= 0.6 is 11.3 Å². The number of hydrogen-bond acceptors (Lipinski definition) is 6. The molecule has 2 aromatic heterocycles. The number of carbonyl (C=O) groups excluding carboxylic acids is 1. The van der Waals surface area contributed by atoms with E-state index in [0.29, 0.717) is 16.7 Å². The number of hydrogen-bond donors (Lipinski definition) is 1. The van der Waals surface area contributed by atoms with Crippen LogP contribution in [-0.2, 0) is 13.0 Å². The van der Waals surface area contributed by atoms with Crippen molar-refractivity contribution in [3.8, 4) is 5.19 Å². The lowest BCUT2D eigenvalue weighted by atomic mass is 9.84. The van der Waals surface area contributed by atoms with E-state index >= 15 is 0 Å². The number of amides is 1. The molecule has 1 N–H and O–H groups in total. The minimum atomic E-state index is -2.85. The van der Waals surface area contributed by atoms with E-state index in [1.807, 2.05) is 13.0 Å². The van der Waals surface area contributed by atoms with Crippen molar-refractivity contribution in [2.45, 2.75) is 70.9 Å². The number of ether oxygens (including phenoxy) is 1. The van der Waals surface area contributed by atoms with E-state index in [2.05, 4.69) is 20.2 Å². The molecule has 0 aromatic carbocycles. The number of carbonyl (C=O) groups is 1. The number of nitrogens with zero attached hydrogens (tertiary/aromatic N) is 3. The van der Waals surface area contributed by atoms with Crippen molar-refractivity contribution in [3.63, 3.8) is 0 Å². The fraction of sp³-hybridized carbons (Fsp3) is 0.625. The standard InChI is InChI=1S/C24H32F2N4O2S/c1-16-19(4-3-11-27-16)22(31)28-18-7-5-17(6-8-18)9-12-30-13-10-21-20(14-30)29-23(33-21)32-15-24(2,25)26/h3-4,11,17-18H,5-10,12-15H2,1-2H3,(H,28,31). The monoisotopic (exact) mass is 478 g/mol. The number of thiazole rings is 1. The molecular formula is C24H32F2N4O2S. The normalized spacial score (nSPS) is 21.5. The van der Waals surface area contributed by atoms with Gasteiger partial charge in [-0.3, -0.25) is 14.7 Å². The second-order valence-corrected chi connectivity index (χ2v) is 10.4. The van der Waals surface area contributed by atoms with Crippen molar-refractivity contribution < 1.29 is 18.3 Å². The molecule has 0 unspecified atom stereocenters. The first-order valence-electron chi connectivity index (χ1n) is 11.7. The van der Waals surface area contributed by atoms with Gasteiger partial charge in [-0.1, -0.05) is 11.3 Å². The van der Waals surface area contributed by atoms with Gasteiger partial charge in [-0.2, -0.15) is 0 Å². The zero-order chi connectivity index (χ0) is 23.4. The lowest BCUT2D eigenvalue weighted by molar-refractivity contribution is -0.0230. The van der Waals surface area contributed by atoms with Gasteiger partial charge in [-0.25, -0.2) is 13.8 Å². The third kappa shape index (κ3) is 6.69. The van der Waals surface area contributed by atoms with E-state index in [9.17, 15) is 13.6 Å². The van der Waals surface area contributed by atoms with Gasteiger partial charge in [-0.15, -0.1) is 0 Å². The molecule has 1 aliphatic heterocycles. The Morgan fingerprint density at radius 3 is 2.85 bits per heavy atom. The molecule has 4 rings (SSSR count). The molecule has 0 saturated heterocycles. The van der Waals surface area contributed by atoms with Gasteiger partial charge >= 0.3 is 0 Å². The largest absolute Gasteiger partial charge is 0.464 e. The first-order valence-corrected chi connectivity index (χ1v) is 12.5. The summed E-state index contributed by atoms with van der Waals surface area (Å²) in [4.78, 5) is 24.7. The van der Waals surface area contributed by atoms with Crippen LogP contribution in [0.5, 0.6) is 5.19 Å². The van der Waals surface area contributed by atoms with Gasteiger partial charge < -0.3 is 10.1 Å². The predicted molar refractivity (Wildman–Crippen MR) is 124 cm³/mol. The molecule has 0 radical (unpaired) electrons. The second kappa shape index (κ2) is 10.4. The lowest BCUT2D eigenvalue weighted by Gasteiger charge is -2.32. The predicted octanol–water partition coefficient (Wildman–Crippen LogP) is 4.62. The van der Waals surface area contributed by atoms with Crippen LogP contribution in [0.25, 0.3) is 0 Å². The summed E-state index contributed by atoms with van der Waals surface area (Å²) < 4.78 is 31.3. The molecule has 0 spiro atoms. The molecule has 6 nitrogen and oxygen atoms in total. The number of aryl methyl sites for hydroxylation is 1. The van der Waals surface area contributed by atoms with Gasteiger partial charge in [0, 0.05) is 42.8 Å². The Morgan fingerprint density at radius 2 is 2.12 bits per heavy atom. The summed E-state index contributed by atoms with van der Waals surface area (Å²) in [6.45, 7) is 4.82. The molecule has 9 heteroatoms. The number of pyridine rings is 1. The molecule has 2 aromatic rings. The molecular weight excluding hydrogens is 446 g/mol. The van der Waals surface area contributed by atoms with Gasteiger partial charge in [-0.05, 0) is 70.0 Å². The fourth-order valence-corrected chi connectivity index (χ4v) is 5.52. The number of rotatable bonds is 8. The van der Waals surface area contributed by atoms with E-state index in [1.165, 1.54) is 11.3 Å². The summed E-state index contributed by atoms with van der Waals surface area (Å²) >= 11 is 1.40. The Morgan fingerprint density at radius 1 is 1.33 bits per heavy atom. The number of alkyl halides is 2. The van der Waals surface area contributed by atoms with Crippen LogP contribution in [-0.4, -0.2) is 52.4 Å². The van der Waals surface area contributed by atoms with Crippen molar-refractivity contribution in [2.24, 2.45) is 5.92 Å². The molecule has 0 bridgehead atoms. The quantitative estimate of drug-likeness (QED) is 0.600. The highest BCUT2D eigenvalue weighted by molar-refractivity contribution is 7.13. The minimum Gasteiger partial charge on any atom is -0.464 e. The maximum Gasteiger partial charge on any atom is 0.278 e. The molecule has 1 saturated carbocycles. The van der Waals surface area contributed by atoms with Crippen molar-refractivity contribution in [2.75, 3.05) is 19.7 Å². The average molecular weight is 479 g/mol. The highest BCUT2D eigenvalue weighted by Gasteiger charge is 2.27. The van der Waals surface area contributed by atoms with E-state index in [4.69, 9.17) is 4.74 Å². The average Bonchev–Trinajstić information content (AvgIpc) is 3.19. The van der Waals surface area contributed by atoms with Crippen LogP contribution in [0.15, 0.2) is 18.3 Å². The summed E-state index contributed by atoms with van der Waals surface area (Å²) in [6, 6.07) is 3.85. The summed E-state index contributed by atoms with van der Waals surface area (Å²) in [5, 5.41) is 3.53. The van der Waals surface area contributed by atoms with Gasteiger partial charge in [0.15, 0.2) is 6.61 Å². The maximum atomic E-state index is 13.0. The first-order chi connectivity index (χ1) is 15.8. The van der Waals surface area contributed by atoms with E-state index < -0.39 is 12.5 Å².